The van der Waals surface area contributed by atoms with E-state index in [9.17, 15) is 9.59 Å². The molecule has 0 radical (unpaired) electrons. The number of amides is 2. The summed E-state index contributed by atoms with van der Waals surface area (Å²) in [6, 6.07) is 7.33. The molecule has 6 nitrogen and oxygen atoms in total. The Morgan fingerprint density at radius 2 is 2.13 bits per heavy atom. The highest BCUT2D eigenvalue weighted by Gasteiger charge is 2.34. The Hall–Kier alpha value is -2.08. The van der Waals surface area contributed by atoms with Crippen LogP contribution in [0.25, 0.3) is 0 Å². The van der Waals surface area contributed by atoms with Crippen LogP contribution >= 0.6 is 0 Å². The first-order valence-electron chi connectivity index (χ1n) is 8.10. The van der Waals surface area contributed by atoms with Crippen molar-refractivity contribution in [1.29, 1.82) is 0 Å². The third kappa shape index (κ3) is 3.64. The van der Waals surface area contributed by atoms with Gasteiger partial charge in [0.2, 0.25) is 11.8 Å². The smallest absolute Gasteiger partial charge is 0.245 e. The van der Waals surface area contributed by atoms with E-state index in [-0.39, 0.29) is 23.8 Å². The standard InChI is InChI=1S/C17H23N3O3/c1-23-14-4-2-12(3-5-14)11-20-9-7-15(17(20)22)19-16(21)13-6-8-18-10-13/h2-5,13,15,18H,6-11H2,1H3,(H,19,21). The molecule has 124 valence electrons. The monoisotopic (exact) mass is 317 g/mol. The Labute approximate surface area is 136 Å². The van der Waals surface area contributed by atoms with E-state index in [4.69, 9.17) is 4.74 Å². The first-order chi connectivity index (χ1) is 11.2. The zero-order valence-corrected chi connectivity index (χ0v) is 13.4. The maximum absolute atomic E-state index is 12.5. The van der Waals surface area contributed by atoms with Crippen LogP contribution in [-0.2, 0) is 16.1 Å². The largest absolute Gasteiger partial charge is 0.497 e. The van der Waals surface area contributed by atoms with Crippen LogP contribution < -0.4 is 15.4 Å². The molecular weight excluding hydrogens is 294 g/mol. The molecule has 2 unspecified atom stereocenters. The second-order valence-electron chi connectivity index (χ2n) is 6.15. The highest BCUT2D eigenvalue weighted by atomic mass is 16.5. The van der Waals surface area contributed by atoms with Crippen LogP contribution in [0.15, 0.2) is 24.3 Å². The van der Waals surface area contributed by atoms with Gasteiger partial charge in [0.05, 0.1) is 13.0 Å². The minimum atomic E-state index is -0.374. The average molecular weight is 317 g/mol. The fourth-order valence-corrected chi connectivity index (χ4v) is 3.15. The van der Waals surface area contributed by atoms with Gasteiger partial charge in [-0.3, -0.25) is 9.59 Å². The number of nitrogens with one attached hydrogen (secondary N) is 2. The van der Waals surface area contributed by atoms with E-state index in [0.29, 0.717) is 26.1 Å². The summed E-state index contributed by atoms with van der Waals surface area (Å²) in [5.74, 6) is 0.815. The normalized spacial score (nSPS) is 24.0. The molecule has 1 aromatic rings. The summed E-state index contributed by atoms with van der Waals surface area (Å²) >= 11 is 0. The van der Waals surface area contributed by atoms with Crippen LogP contribution in [-0.4, -0.2) is 49.5 Å². The van der Waals surface area contributed by atoms with Crippen molar-refractivity contribution in [3.05, 3.63) is 29.8 Å². The van der Waals surface area contributed by atoms with Gasteiger partial charge in [-0.25, -0.2) is 0 Å². The molecule has 0 bridgehead atoms. The number of hydrogen-bond acceptors (Lipinski definition) is 4. The zero-order chi connectivity index (χ0) is 16.2. The van der Waals surface area contributed by atoms with Crippen molar-refractivity contribution in [1.82, 2.24) is 15.5 Å². The molecule has 23 heavy (non-hydrogen) atoms. The van der Waals surface area contributed by atoms with E-state index in [1.165, 1.54) is 0 Å². The number of methoxy groups -OCH3 is 1. The number of rotatable bonds is 5. The molecule has 0 saturated carbocycles. The second-order valence-corrected chi connectivity index (χ2v) is 6.15. The number of hydrogen-bond donors (Lipinski definition) is 2. The topological polar surface area (TPSA) is 70.7 Å². The Balaban J connectivity index is 1.54. The van der Waals surface area contributed by atoms with E-state index in [1.807, 2.05) is 24.3 Å². The van der Waals surface area contributed by atoms with Gasteiger partial charge in [0, 0.05) is 19.6 Å². The number of carbonyl (C=O) groups excluding carboxylic acids is 2. The highest BCUT2D eigenvalue weighted by molar-refractivity contribution is 5.90. The third-order valence-electron chi connectivity index (χ3n) is 4.58. The summed E-state index contributed by atoms with van der Waals surface area (Å²) in [5, 5.41) is 6.09. The van der Waals surface area contributed by atoms with Gasteiger partial charge in [0.15, 0.2) is 0 Å². The Morgan fingerprint density at radius 3 is 2.78 bits per heavy atom. The van der Waals surface area contributed by atoms with Crippen LogP contribution in [0.3, 0.4) is 0 Å². The second kappa shape index (κ2) is 7.00. The maximum atomic E-state index is 12.5. The average Bonchev–Trinajstić information content (AvgIpc) is 3.21. The van der Waals surface area contributed by atoms with Crippen molar-refractivity contribution < 1.29 is 14.3 Å². The van der Waals surface area contributed by atoms with Gasteiger partial charge in [-0.15, -0.1) is 0 Å². The van der Waals surface area contributed by atoms with Crippen molar-refractivity contribution in [2.75, 3.05) is 26.7 Å². The minimum Gasteiger partial charge on any atom is -0.497 e. The first-order valence-corrected chi connectivity index (χ1v) is 8.10. The lowest BCUT2D eigenvalue weighted by Gasteiger charge is -2.18. The van der Waals surface area contributed by atoms with Gasteiger partial charge in [-0.1, -0.05) is 12.1 Å². The quantitative estimate of drug-likeness (QED) is 0.831. The zero-order valence-electron chi connectivity index (χ0n) is 13.4. The van der Waals surface area contributed by atoms with E-state index >= 15 is 0 Å². The minimum absolute atomic E-state index is 0.000326. The van der Waals surface area contributed by atoms with Crippen molar-refractivity contribution >= 4 is 11.8 Å². The van der Waals surface area contributed by atoms with E-state index in [1.54, 1.807) is 12.0 Å². The number of carbonyl (C=O) groups is 2. The fourth-order valence-electron chi connectivity index (χ4n) is 3.15. The number of ether oxygens (including phenoxy) is 1. The predicted octanol–water partition coefficient (Wildman–Crippen LogP) is 0.522. The van der Waals surface area contributed by atoms with Crippen LogP contribution in [0.1, 0.15) is 18.4 Å². The summed E-state index contributed by atoms with van der Waals surface area (Å²) in [7, 11) is 1.63. The van der Waals surface area contributed by atoms with Crippen molar-refractivity contribution in [3.63, 3.8) is 0 Å². The molecule has 2 aliphatic heterocycles. The summed E-state index contributed by atoms with van der Waals surface area (Å²) in [4.78, 5) is 26.4. The van der Waals surface area contributed by atoms with Crippen molar-refractivity contribution in [2.24, 2.45) is 5.92 Å². The van der Waals surface area contributed by atoms with Crippen LogP contribution in [0.2, 0.25) is 0 Å². The summed E-state index contributed by atoms with van der Waals surface area (Å²) in [6.45, 7) is 2.83. The number of benzene rings is 1. The number of likely N-dealkylation sites (tertiary alicyclic amines) is 1. The Morgan fingerprint density at radius 1 is 1.35 bits per heavy atom. The van der Waals surface area contributed by atoms with Crippen LogP contribution in [0.4, 0.5) is 0 Å². The molecule has 6 heteroatoms. The summed E-state index contributed by atoms with van der Waals surface area (Å²) in [6.07, 6.45) is 1.53. The van der Waals surface area contributed by atoms with Crippen molar-refractivity contribution in [3.8, 4) is 5.75 Å². The summed E-state index contributed by atoms with van der Waals surface area (Å²) < 4.78 is 5.14. The lowest BCUT2D eigenvalue weighted by atomic mass is 10.1. The molecule has 2 aliphatic rings. The predicted molar refractivity (Wildman–Crippen MR) is 85.9 cm³/mol. The van der Waals surface area contributed by atoms with E-state index < -0.39 is 0 Å². The summed E-state index contributed by atoms with van der Waals surface area (Å²) in [5.41, 5.74) is 1.06. The van der Waals surface area contributed by atoms with Crippen LogP contribution in [0.5, 0.6) is 5.75 Å². The highest BCUT2D eigenvalue weighted by Crippen LogP contribution is 2.18. The third-order valence-corrected chi connectivity index (χ3v) is 4.58. The Bertz CT molecular complexity index is 567. The molecule has 2 fully saturated rings. The van der Waals surface area contributed by atoms with Crippen molar-refractivity contribution in [2.45, 2.75) is 25.4 Å². The molecule has 0 aromatic heterocycles. The van der Waals surface area contributed by atoms with Gasteiger partial charge in [-0.05, 0) is 37.1 Å². The van der Waals surface area contributed by atoms with E-state index in [2.05, 4.69) is 10.6 Å². The molecule has 2 heterocycles. The van der Waals surface area contributed by atoms with Gasteiger partial charge in [-0.2, -0.15) is 0 Å². The van der Waals surface area contributed by atoms with Gasteiger partial charge in [0.1, 0.15) is 11.8 Å². The maximum Gasteiger partial charge on any atom is 0.245 e. The fraction of sp³-hybridized carbons (Fsp3) is 0.529. The van der Waals surface area contributed by atoms with Gasteiger partial charge in [0.25, 0.3) is 0 Å². The molecule has 1 aromatic carbocycles. The van der Waals surface area contributed by atoms with Gasteiger partial charge < -0.3 is 20.3 Å². The molecule has 0 spiro atoms. The Kier molecular flexibility index (Phi) is 4.81. The molecule has 3 rings (SSSR count). The SMILES string of the molecule is COc1ccc(CN2CCC(NC(=O)C3CCNC3)C2=O)cc1. The molecular formula is C17H23N3O3. The number of nitrogens with zero attached hydrogens (tertiary/aromatic N) is 1. The molecule has 2 amide bonds. The first kappa shape index (κ1) is 15.8. The molecule has 2 atom stereocenters. The molecule has 0 aliphatic carbocycles. The lowest BCUT2D eigenvalue weighted by molar-refractivity contribution is -0.134. The van der Waals surface area contributed by atoms with E-state index in [0.717, 1.165) is 24.3 Å². The molecule has 2 saturated heterocycles. The lowest BCUT2D eigenvalue weighted by Crippen LogP contribution is -2.44. The van der Waals surface area contributed by atoms with Gasteiger partial charge >= 0.3 is 0 Å². The van der Waals surface area contributed by atoms with Crippen LogP contribution in [0, 0.1) is 5.92 Å². The molecule has 2 N–H and O–H groups in total.